The van der Waals surface area contributed by atoms with E-state index in [1.54, 1.807) is 57.3 Å². The number of hydrogen-bond acceptors (Lipinski definition) is 6. The number of amides is 3. The highest BCUT2D eigenvalue weighted by molar-refractivity contribution is 6.35. The Balaban J connectivity index is 1.38. The van der Waals surface area contributed by atoms with Crippen LogP contribution in [0.5, 0.6) is 5.75 Å². The van der Waals surface area contributed by atoms with E-state index in [1.807, 2.05) is 61.5 Å². The number of rotatable bonds is 7. The van der Waals surface area contributed by atoms with Crippen molar-refractivity contribution < 1.29 is 19.5 Å². The molecule has 1 N–H and O–H groups in total. The quantitative estimate of drug-likeness (QED) is 0.329. The third-order valence-corrected chi connectivity index (χ3v) is 8.97. The molecule has 9 nitrogen and oxygen atoms in total. The van der Waals surface area contributed by atoms with E-state index in [2.05, 4.69) is 4.98 Å². The third-order valence-electron chi connectivity index (χ3n) is 8.64. The number of carbonyl (C=O) groups is 3. The van der Waals surface area contributed by atoms with Gasteiger partial charge in [-0.2, -0.15) is 0 Å². The first kappa shape index (κ1) is 29.6. The summed E-state index contributed by atoms with van der Waals surface area (Å²) in [7, 11) is 1.74. The zero-order chi connectivity index (χ0) is 31.0. The second-order valence-corrected chi connectivity index (χ2v) is 11.8. The minimum Gasteiger partial charge on any atom is -0.508 e. The molecule has 0 bridgehead atoms. The lowest BCUT2D eigenvalue weighted by atomic mass is 9.95. The molecule has 226 valence electrons. The van der Waals surface area contributed by atoms with Crippen LogP contribution in [-0.2, 0) is 27.2 Å². The van der Waals surface area contributed by atoms with E-state index in [1.165, 1.54) is 0 Å². The Labute approximate surface area is 261 Å². The van der Waals surface area contributed by atoms with Gasteiger partial charge in [-0.1, -0.05) is 60.1 Å². The van der Waals surface area contributed by atoms with Crippen molar-refractivity contribution in [1.29, 1.82) is 0 Å². The average Bonchev–Trinajstić information content (AvgIpc) is 3.02. The highest BCUT2D eigenvalue weighted by atomic mass is 35.5. The number of hydrogen-bond donors (Lipinski definition) is 1. The summed E-state index contributed by atoms with van der Waals surface area (Å²) in [6.45, 7) is 2.06. The number of aromatic nitrogens is 1. The molecule has 6 rings (SSSR count). The van der Waals surface area contributed by atoms with Gasteiger partial charge in [0.15, 0.2) is 0 Å². The molecule has 3 aromatic carbocycles. The first-order valence-corrected chi connectivity index (χ1v) is 15.1. The number of nitrogens with zero attached hydrogens (tertiary/aromatic N) is 5. The number of fused-ring (bicyclic) bond motifs is 2. The number of carbonyl (C=O) groups excluding carboxylic acids is 3. The van der Waals surface area contributed by atoms with Crippen LogP contribution in [0.1, 0.15) is 36.1 Å². The lowest BCUT2D eigenvalue weighted by Gasteiger charge is -2.55. The molecule has 3 atom stereocenters. The van der Waals surface area contributed by atoms with Crippen LogP contribution in [0.4, 0.5) is 0 Å². The number of phenols is 1. The van der Waals surface area contributed by atoms with Crippen LogP contribution in [0.3, 0.4) is 0 Å². The number of phenolic OH excluding ortho intramolecular Hbond substituents is 1. The van der Waals surface area contributed by atoms with E-state index < -0.39 is 18.2 Å². The van der Waals surface area contributed by atoms with Gasteiger partial charge in [-0.05, 0) is 54.8 Å². The van der Waals surface area contributed by atoms with Gasteiger partial charge in [0, 0.05) is 42.1 Å². The minimum atomic E-state index is -0.849. The summed E-state index contributed by atoms with van der Waals surface area (Å²) >= 11 is 6.49. The number of benzene rings is 3. The number of aromatic hydroxyl groups is 1. The van der Waals surface area contributed by atoms with Crippen LogP contribution in [0, 0.1) is 0 Å². The summed E-state index contributed by atoms with van der Waals surface area (Å²) in [5.41, 5.74) is 3.37. The Morgan fingerprint density at radius 1 is 1.00 bits per heavy atom. The van der Waals surface area contributed by atoms with E-state index in [4.69, 9.17) is 11.6 Å². The Morgan fingerprint density at radius 2 is 1.75 bits per heavy atom. The van der Waals surface area contributed by atoms with Crippen LogP contribution in [0.2, 0.25) is 5.02 Å². The van der Waals surface area contributed by atoms with E-state index in [0.717, 1.165) is 22.1 Å². The van der Waals surface area contributed by atoms with E-state index >= 15 is 0 Å². The highest BCUT2D eigenvalue weighted by Crippen LogP contribution is 2.36. The Hall–Kier alpha value is -4.47. The lowest BCUT2D eigenvalue weighted by Crippen LogP contribution is -2.75. The summed E-state index contributed by atoms with van der Waals surface area (Å²) in [6.07, 6.45) is 2.05. The molecular weight excluding hydrogens is 578 g/mol. The van der Waals surface area contributed by atoms with E-state index in [-0.39, 0.29) is 49.4 Å². The van der Waals surface area contributed by atoms with Crippen LogP contribution in [0.25, 0.3) is 10.9 Å². The van der Waals surface area contributed by atoms with E-state index in [9.17, 15) is 19.5 Å². The van der Waals surface area contributed by atoms with Gasteiger partial charge in [-0.3, -0.25) is 24.4 Å². The minimum absolute atomic E-state index is 0.0196. The predicted molar refractivity (Wildman–Crippen MR) is 167 cm³/mol. The largest absolute Gasteiger partial charge is 0.508 e. The van der Waals surface area contributed by atoms with Gasteiger partial charge in [-0.25, -0.2) is 5.01 Å². The monoisotopic (exact) mass is 611 g/mol. The first-order chi connectivity index (χ1) is 21.2. The van der Waals surface area contributed by atoms with Crippen molar-refractivity contribution in [2.24, 2.45) is 0 Å². The molecule has 1 aromatic heterocycles. The summed E-state index contributed by atoms with van der Waals surface area (Å²) in [5, 5.41) is 14.5. The zero-order valence-corrected chi connectivity index (χ0v) is 25.4. The molecule has 2 fully saturated rings. The fraction of sp³-hybridized carbons (Fsp3) is 0.294. The van der Waals surface area contributed by atoms with Crippen molar-refractivity contribution in [1.82, 2.24) is 24.8 Å². The van der Waals surface area contributed by atoms with Gasteiger partial charge in [0.2, 0.25) is 17.7 Å². The third kappa shape index (κ3) is 5.60. The number of halogens is 1. The molecule has 0 radical (unpaired) electrons. The SMILES string of the molecule is C[C@@H](c1ccc(Cl)c2cccnc12)N1C[C@H]2N(C(=O)CN(C)N2C(=O)CCc2ccccc2)[C@@H](Cc2ccc(O)cc2)C1=O. The predicted octanol–water partition coefficient (Wildman–Crippen LogP) is 4.58. The van der Waals surface area contributed by atoms with Crippen LogP contribution >= 0.6 is 11.6 Å². The van der Waals surface area contributed by atoms with Crippen LogP contribution in [-0.4, -0.2) is 80.0 Å². The number of piperazine rings is 1. The summed E-state index contributed by atoms with van der Waals surface area (Å²) in [4.78, 5) is 49.9. The lowest BCUT2D eigenvalue weighted by molar-refractivity contribution is -0.204. The van der Waals surface area contributed by atoms with Crippen molar-refractivity contribution in [3.63, 3.8) is 0 Å². The van der Waals surface area contributed by atoms with E-state index in [0.29, 0.717) is 17.0 Å². The standard InChI is InChI=1S/C34H34ClN5O4/c1-22(26-15-16-28(35)27-9-6-18-36-33(26)27)38-20-30-39(29(34(38)44)19-24-10-13-25(41)14-11-24)32(43)21-37(2)40(30)31(42)17-12-23-7-4-3-5-8-23/h3-11,13-16,18,22,29-30,41H,12,17,19-21H2,1-2H3/t22-,29-,30-/m0/s1. The molecule has 2 aliphatic rings. The van der Waals surface area contributed by atoms with Crippen molar-refractivity contribution in [3.8, 4) is 5.75 Å². The summed E-state index contributed by atoms with van der Waals surface area (Å²) in [5.74, 6) is -0.435. The smallest absolute Gasteiger partial charge is 0.246 e. The molecular formula is C34H34ClN5O4. The van der Waals surface area contributed by atoms with Gasteiger partial charge in [-0.15, -0.1) is 0 Å². The fourth-order valence-corrected chi connectivity index (χ4v) is 6.63. The number of aryl methyl sites for hydroxylation is 1. The molecule has 3 amide bonds. The maximum Gasteiger partial charge on any atom is 0.246 e. The van der Waals surface area contributed by atoms with Gasteiger partial charge >= 0.3 is 0 Å². The molecule has 44 heavy (non-hydrogen) atoms. The normalized spacial score (nSPS) is 19.8. The fourth-order valence-electron chi connectivity index (χ4n) is 6.41. The van der Waals surface area contributed by atoms with Crippen LogP contribution < -0.4 is 0 Å². The Bertz CT molecular complexity index is 1700. The topological polar surface area (TPSA) is 97.3 Å². The van der Waals surface area contributed by atoms with Gasteiger partial charge in [0.1, 0.15) is 18.0 Å². The van der Waals surface area contributed by atoms with Crippen molar-refractivity contribution in [2.75, 3.05) is 20.1 Å². The van der Waals surface area contributed by atoms with Gasteiger partial charge < -0.3 is 14.9 Å². The van der Waals surface area contributed by atoms with Gasteiger partial charge in [0.25, 0.3) is 0 Å². The van der Waals surface area contributed by atoms with Gasteiger partial charge in [0.05, 0.1) is 24.6 Å². The maximum absolute atomic E-state index is 14.4. The molecule has 2 saturated heterocycles. The molecule has 0 aliphatic carbocycles. The average molecular weight is 612 g/mol. The highest BCUT2D eigenvalue weighted by Gasteiger charge is 2.51. The number of likely N-dealkylation sites (N-methyl/N-ethyl adjacent to an activating group) is 1. The summed E-state index contributed by atoms with van der Waals surface area (Å²) in [6, 6.07) is 22.6. The molecule has 0 unspecified atom stereocenters. The molecule has 2 aliphatic heterocycles. The molecule has 0 saturated carbocycles. The Morgan fingerprint density at radius 3 is 2.50 bits per heavy atom. The Kier molecular flexibility index (Phi) is 8.25. The van der Waals surface area contributed by atoms with Crippen molar-refractivity contribution in [2.45, 2.75) is 44.4 Å². The first-order valence-electron chi connectivity index (χ1n) is 14.7. The van der Waals surface area contributed by atoms with Crippen LogP contribution in [0.15, 0.2) is 85.1 Å². The molecule has 3 heterocycles. The molecule has 10 heteroatoms. The number of pyridine rings is 1. The summed E-state index contributed by atoms with van der Waals surface area (Å²) < 4.78 is 0. The zero-order valence-electron chi connectivity index (χ0n) is 24.6. The molecule has 4 aromatic rings. The molecule has 0 spiro atoms. The second-order valence-electron chi connectivity index (χ2n) is 11.4. The maximum atomic E-state index is 14.4. The van der Waals surface area contributed by atoms with Crippen molar-refractivity contribution >= 4 is 40.2 Å². The number of hydrazine groups is 1. The van der Waals surface area contributed by atoms with Crippen molar-refractivity contribution in [3.05, 3.63) is 107 Å². The second kappa shape index (κ2) is 12.3.